The highest BCUT2D eigenvalue weighted by atomic mass is 35.5. The summed E-state index contributed by atoms with van der Waals surface area (Å²) < 4.78 is 0. The summed E-state index contributed by atoms with van der Waals surface area (Å²) in [6.07, 6.45) is 8.24. The maximum atomic E-state index is 6.57. The molecule has 0 unspecified atom stereocenters. The van der Waals surface area contributed by atoms with Crippen molar-refractivity contribution in [3.05, 3.63) is 23.0 Å². The molecule has 1 aliphatic carbocycles. The highest BCUT2D eigenvalue weighted by Gasteiger charge is 2.36. The van der Waals surface area contributed by atoms with Gasteiger partial charge in [0.25, 0.3) is 0 Å². The molecule has 1 aromatic rings. The topological polar surface area (TPSA) is 24.9 Å². The fourth-order valence-corrected chi connectivity index (χ4v) is 5.11. The Balaban J connectivity index is 1.96. The summed E-state index contributed by atoms with van der Waals surface area (Å²) in [5.41, 5.74) is 2.86. The third-order valence-corrected chi connectivity index (χ3v) is 6.04. The zero-order chi connectivity index (χ0) is 18.8. The Bertz CT molecular complexity index is 564. The maximum Gasteiger partial charge on any atom is 0.0855 e. The van der Waals surface area contributed by atoms with Gasteiger partial charge in [0.2, 0.25) is 0 Å². The van der Waals surface area contributed by atoms with Crippen molar-refractivity contribution in [1.82, 2.24) is 4.98 Å². The van der Waals surface area contributed by atoms with E-state index in [1.54, 1.807) is 0 Å². The number of halogens is 1. The molecule has 0 aliphatic heterocycles. The van der Waals surface area contributed by atoms with E-state index in [1.165, 1.54) is 32.1 Å². The van der Waals surface area contributed by atoms with Crippen molar-refractivity contribution < 1.29 is 0 Å². The Kier molecular flexibility index (Phi) is 6.46. The molecule has 0 bridgehead atoms. The number of anilines is 1. The lowest BCUT2D eigenvalue weighted by atomic mass is 9.64. The number of pyridine rings is 1. The van der Waals surface area contributed by atoms with Gasteiger partial charge in [-0.2, -0.15) is 0 Å². The second-order valence-electron chi connectivity index (χ2n) is 10.1. The second kappa shape index (κ2) is 7.86. The van der Waals surface area contributed by atoms with Gasteiger partial charge in [-0.1, -0.05) is 60.1 Å². The summed E-state index contributed by atoms with van der Waals surface area (Å²) in [6.45, 7) is 16.3. The van der Waals surface area contributed by atoms with Crippen molar-refractivity contribution >= 4 is 17.3 Å². The molecule has 1 aromatic heterocycles. The van der Waals surface area contributed by atoms with Crippen LogP contribution in [0.4, 0.5) is 5.69 Å². The maximum absolute atomic E-state index is 6.57. The average Bonchev–Trinajstić information content (AvgIpc) is 2.47. The van der Waals surface area contributed by atoms with Crippen molar-refractivity contribution in [2.45, 2.75) is 92.5 Å². The molecule has 0 radical (unpaired) electrons. The Morgan fingerprint density at radius 1 is 1.12 bits per heavy atom. The summed E-state index contributed by atoms with van der Waals surface area (Å²) >= 11 is 6.57. The van der Waals surface area contributed by atoms with Crippen LogP contribution in [0, 0.1) is 16.7 Å². The molecule has 0 aromatic carbocycles. The lowest BCUT2D eigenvalue weighted by Gasteiger charge is -2.43. The minimum absolute atomic E-state index is 0.350. The van der Waals surface area contributed by atoms with Gasteiger partial charge in [-0.05, 0) is 60.8 Å². The Labute approximate surface area is 160 Å². The van der Waals surface area contributed by atoms with Gasteiger partial charge in [0.05, 0.1) is 16.4 Å². The lowest BCUT2D eigenvalue weighted by Crippen LogP contribution is -2.35. The normalized spacial score (nSPS) is 22.3. The van der Waals surface area contributed by atoms with Gasteiger partial charge in [-0.3, -0.25) is 4.98 Å². The number of hydrogen-bond acceptors (Lipinski definition) is 2. The predicted octanol–water partition coefficient (Wildman–Crippen LogP) is 7.29. The number of nitrogens with zero attached hydrogens (tertiary/aromatic N) is 1. The molecular weight excluding hydrogens is 328 g/mol. The van der Waals surface area contributed by atoms with Crippen LogP contribution in [0.2, 0.25) is 5.02 Å². The smallest absolute Gasteiger partial charge is 0.0855 e. The van der Waals surface area contributed by atoms with E-state index in [0.717, 1.165) is 22.3 Å². The van der Waals surface area contributed by atoms with Crippen LogP contribution in [-0.2, 0) is 0 Å². The zero-order valence-corrected chi connectivity index (χ0v) is 18.0. The van der Waals surface area contributed by atoms with E-state index in [-0.39, 0.29) is 0 Å². The summed E-state index contributed by atoms with van der Waals surface area (Å²) in [7, 11) is 0. The summed E-state index contributed by atoms with van der Waals surface area (Å²) in [4.78, 5) is 4.44. The quantitative estimate of drug-likeness (QED) is 0.593. The number of hydrogen-bond donors (Lipinski definition) is 1. The molecule has 1 aliphatic rings. The lowest BCUT2D eigenvalue weighted by molar-refractivity contribution is 0.0968. The average molecular weight is 365 g/mol. The first kappa shape index (κ1) is 20.6. The van der Waals surface area contributed by atoms with Crippen LogP contribution in [0.3, 0.4) is 0 Å². The molecular formula is C22H37ClN2. The molecule has 142 valence electrons. The first-order valence-corrected chi connectivity index (χ1v) is 10.3. The highest BCUT2D eigenvalue weighted by Crippen LogP contribution is 2.45. The molecule has 1 saturated carbocycles. The molecule has 25 heavy (non-hydrogen) atoms. The Hall–Kier alpha value is -0.760. The summed E-state index contributed by atoms with van der Waals surface area (Å²) in [5.74, 6) is 1.17. The molecule has 1 fully saturated rings. The van der Waals surface area contributed by atoms with Crippen molar-refractivity contribution in [3.63, 3.8) is 0 Å². The molecule has 3 heteroatoms. The van der Waals surface area contributed by atoms with Crippen LogP contribution in [0.1, 0.15) is 92.2 Å². The molecule has 1 N–H and O–H groups in total. The van der Waals surface area contributed by atoms with E-state index < -0.39 is 0 Å². The van der Waals surface area contributed by atoms with E-state index in [2.05, 4.69) is 58.8 Å². The number of rotatable bonds is 5. The largest absolute Gasteiger partial charge is 0.381 e. The SMILES string of the molecule is CC(C)c1nccc(NC2CCC(C(C)(C)CC(C)(C)C)CC2)c1Cl. The molecule has 1 heterocycles. The van der Waals surface area contributed by atoms with Crippen LogP contribution in [-0.4, -0.2) is 11.0 Å². The van der Waals surface area contributed by atoms with Gasteiger partial charge in [0.15, 0.2) is 0 Å². The van der Waals surface area contributed by atoms with Gasteiger partial charge < -0.3 is 5.32 Å². The van der Waals surface area contributed by atoms with E-state index in [9.17, 15) is 0 Å². The number of nitrogens with one attached hydrogen (secondary N) is 1. The van der Waals surface area contributed by atoms with Crippen molar-refractivity contribution in [1.29, 1.82) is 0 Å². The Morgan fingerprint density at radius 3 is 2.24 bits per heavy atom. The van der Waals surface area contributed by atoms with Crippen LogP contribution in [0.15, 0.2) is 12.3 Å². The van der Waals surface area contributed by atoms with Crippen molar-refractivity contribution in [2.75, 3.05) is 5.32 Å². The monoisotopic (exact) mass is 364 g/mol. The summed E-state index contributed by atoms with van der Waals surface area (Å²) in [6, 6.07) is 2.55. The Morgan fingerprint density at radius 2 is 1.72 bits per heavy atom. The van der Waals surface area contributed by atoms with E-state index in [0.29, 0.717) is 22.8 Å². The third-order valence-electron chi connectivity index (χ3n) is 5.64. The second-order valence-corrected chi connectivity index (χ2v) is 10.5. The fourth-order valence-electron chi connectivity index (χ4n) is 4.72. The van der Waals surface area contributed by atoms with Gasteiger partial charge in [-0.15, -0.1) is 0 Å². The molecule has 0 saturated heterocycles. The van der Waals surface area contributed by atoms with Gasteiger partial charge in [0, 0.05) is 12.2 Å². The standard InChI is InChI=1S/C22H37ClN2/c1-15(2)20-19(23)18(12-13-24-20)25-17-10-8-16(9-11-17)22(6,7)14-21(3,4)5/h12-13,15-17H,8-11,14H2,1-7H3,(H,24,25). The van der Waals surface area contributed by atoms with Crippen LogP contribution < -0.4 is 5.32 Å². The molecule has 0 atom stereocenters. The zero-order valence-electron chi connectivity index (χ0n) is 17.2. The molecule has 2 nitrogen and oxygen atoms in total. The molecule has 2 rings (SSSR count). The van der Waals surface area contributed by atoms with Gasteiger partial charge >= 0.3 is 0 Å². The van der Waals surface area contributed by atoms with Crippen LogP contribution >= 0.6 is 11.6 Å². The van der Waals surface area contributed by atoms with E-state index in [4.69, 9.17) is 11.6 Å². The molecule has 0 amide bonds. The van der Waals surface area contributed by atoms with Crippen molar-refractivity contribution in [3.8, 4) is 0 Å². The first-order chi connectivity index (χ1) is 11.5. The van der Waals surface area contributed by atoms with E-state index >= 15 is 0 Å². The molecule has 0 spiro atoms. The van der Waals surface area contributed by atoms with Gasteiger partial charge in [-0.25, -0.2) is 0 Å². The minimum Gasteiger partial charge on any atom is -0.381 e. The van der Waals surface area contributed by atoms with E-state index in [1.807, 2.05) is 12.3 Å². The van der Waals surface area contributed by atoms with Crippen LogP contribution in [0.25, 0.3) is 0 Å². The summed E-state index contributed by atoms with van der Waals surface area (Å²) in [5, 5.41) is 4.49. The fraction of sp³-hybridized carbons (Fsp3) is 0.773. The van der Waals surface area contributed by atoms with Crippen molar-refractivity contribution in [2.24, 2.45) is 16.7 Å². The van der Waals surface area contributed by atoms with Gasteiger partial charge in [0.1, 0.15) is 0 Å². The van der Waals surface area contributed by atoms with Crippen LogP contribution in [0.5, 0.6) is 0 Å². The predicted molar refractivity (Wildman–Crippen MR) is 111 cm³/mol. The number of aromatic nitrogens is 1. The first-order valence-electron chi connectivity index (χ1n) is 9.90. The third kappa shape index (κ3) is 5.61. The minimum atomic E-state index is 0.350. The highest BCUT2D eigenvalue weighted by molar-refractivity contribution is 6.33.